The molecule has 2 aromatic rings. The standard InChI is InChI=1S/C19H23N3O3/c1-12(2)17(19(24)21-15-11-20-10-9-13(15)3)22-18(23)14-7-5-6-8-16(14)25-4/h5-12,17H,1-4H3,(H,21,24)(H,22,23). The minimum Gasteiger partial charge on any atom is -0.496 e. The van der Waals surface area contributed by atoms with Gasteiger partial charge in [0.2, 0.25) is 5.91 Å². The SMILES string of the molecule is COc1ccccc1C(=O)NC(C(=O)Nc1cnccc1C)C(C)C. The number of amides is 2. The Kier molecular flexibility index (Phi) is 6.11. The average molecular weight is 341 g/mol. The van der Waals surface area contributed by atoms with Crippen molar-refractivity contribution in [2.45, 2.75) is 26.8 Å². The number of pyridine rings is 1. The van der Waals surface area contributed by atoms with Crippen molar-refractivity contribution in [3.05, 3.63) is 53.9 Å². The van der Waals surface area contributed by atoms with E-state index in [-0.39, 0.29) is 17.7 Å². The van der Waals surface area contributed by atoms with Gasteiger partial charge < -0.3 is 15.4 Å². The van der Waals surface area contributed by atoms with Gasteiger partial charge in [0.15, 0.2) is 0 Å². The Bertz CT molecular complexity index is 759. The van der Waals surface area contributed by atoms with E-state index in [2.05, 4.69) is 15.6 Å². The Labute approximate surface area is 147 Å². The number of nitrogens with zero attached hydrogens (tertiary/aromatic N) is 1. The molecule has 6 heteroatoms. The van der Waals surface area contributed by atoms with Gasteiger partial charge in [-0.25, -0.2) is 0 Å². The molecule has 25 heavy (non-hydrogen) atoms. The molecule has 0 aliphatic heterocycles. The number of ether oxygens (including phenoxy) is 1. The summed E-state index contributed by atoms with van der Waals surface area (Å²) < 4.78 is 5.21. The van der Waals surface area contributed by atoms with E-state index in [9.17, 15) is 9.59 Å². The van der Waals surface area contributed by atoms with Crippen LogP contribution in [0.4, 0.5) is 5.69 Å². The van der Waals surface area contributed by atoms with Crippen LogP contribution in [0.5, 0.6) is 5.75 Å². The van der Waals surface area contributed by atoms with Crippen molar-refractivity contribution < 1.29 is 14.3 Å². The van der Waals surface area contributed by atoms with Crippen LogP contribution in [-0.4, -0.2) is 29.9 Å². The van der Waals surface area contributed by atoms with Crippen LogP contribution >= 0.6 is 0 Å². The first kappa shape index (κ1) is 18.4. The smallest absolute Gasteiger partial charge is 0.255 e. The van der Waals surface area contributed by atoms with E-state index in [0.717, 1.165) is 5.56 Å². The maximum atomic E-state index is 12.6. The van der Waals surface area contributed by atoms with Gasteiger partial charge in [0.05, 0.1) is 24.6 Å². The summed E-state index contributed by atoms with van der Waals surface area (Å²) in [6.07, 6.45) is 3.25. The molecule has 6 nitrogen and oxygen atoms in total. The molecule has 0 fully saturated rings. The molecule has 2 rings (SSSR count). The first-order valence-corrected chi connectivity index (χ1v) is 8.09. The molecule has 2 amide bonds. The maximum Gasteiger partial charge on any atom is 0.255 e. The lowest BCUT2D eigenvalue weighted by atomic mass is 10.0. The van der Waals surface area contributed by atoms with Gasteiger partial charge in [-0.1, -0.05) is 26.0 Å². The molecule has 0 bridgehead atoms. The van der Waals surface area contributed by atoms with Crippen molar-refractivity contribution in [2.24, 2.45) is 5.92 Å². The fourth-order valence-electron chi connectivity index (χ4n) is 2.39. The summed E-state index contributed by atoms with van der Waals surface area (Å²) in [7, 11) is 1.50. The van der Waals surface area contributed by atoms with Crippen LogP contribution in [0.3, 0.4) is 0 Å². The third-order valence-electron chi connectivity index (χ3n) is 3.88. The number of carbonyl (C=O) groups is 2. The number of anilines is 1. The van der Waals surface area contributed by atoms with Gasteiger partial charge in [-0.2, -0.15) is 0 Å². The van der Waals surface area contributed by atoms with Crippen molar-refractivity contribution in [3.8, 4) is 5.75 Å². The molecular weight excluding hydrogens is 318 g/mol. The molecule has 0 aliphatic rings. The molecule has 1 aromatic carbocycles. The first-order valence-electron chi connectivity index (χ1n) is 8.09. The second kappa shape index (κ2) is 8.28. The number of aromatic nitrogens is 1. The second-order valence-electron chi connectivity index (χ2n) is 6.08. The van der Waals surface area contributed by atoms with Crippen molar-refractivity contribution in [1.82, 2.24) is 10.3 Å². The Morgan fingerprint density at radius 2 is 1.88 bits per heavy atom. The van der Waals surface area contributed by atoms with E-state index in [4.69, 9.17) is 4.74 Å². The molecule has 2 N–H and O–H groups in total. The zero-order chi connectivity index (χ0) is 18.4. The normalized spacial score (nSPS) is 11.7. The number of carbonyl (C=O) groups excluding carboxylic acids is 2. The Morgan fingerprint density at radius 1 is 1.16 bits per heavy atom. The van der Waals surface area contributed by atoms with E-state index < -0.39 is 6.04 Å². The summed E-state index contributed by atoms with van der Waals surface area (Å²) >= 11 is 0. The Balaban J connectivity index is 2.16. The highest BCUT2D eigenvalue weighted by Crippen LogP contribution is 2.18. The second-order valence-corrected chi connectivity index (χ2v) is 6.08. The van der Waals surface area contributed by atoms with Crippen molar-refractivity contribution >= 4 is 17.5 Å². The Morgan fingerprint density at radius 3 is 2.52 bits per heavy atom. The van der Waals surface area contributed by atoms with Gasteiger partial charge in [-0.05, 0) is 36.6 Å². The van der Waals surface area contributed by atoms with E-state index in [1.54, 1.807) is 36.7 Å². The number of aryl methyl sites for hydroxylation is 1. The summed E-state index contributed by atoms with van der Waals surface area (Å²) in [5.74, 6) is -0.259. The number of hydrogen-bond acceptors (Lipinski definition) is 4. The van der Waals surface area contributed by atoms with Gasteiger partial charge in [0.1, 0.15) is 11.8 Å². The fraction of sp³-hybridized carbons (Fsp3) is 0.316. The first-order chi connectivity index (χ1) is 11.9. The predicted molar refractivity (Wildman–Crippen MR) is 96.7 cm³/mol. The van der Waals surface area contributed by atoms with Crippen LogP contribution in [-0.2, 0) is 4.79 Å². The van der Waals surface area contributed by atoms with Crippen LogP contribution in [0.15, 0.2) is 42.7 Å². The number of hydrogen-bond donors (Lipinski definition) is 2. The summed E-state index contributed by atoms with van der Waals surface area (Å²) in [5, 5.41) is 5.63. The molecule has 0 aliphatic carbocycles. The van der Waals surface area contributed by atoms with E-state index in [1.165, 1.54) is 7.11 Å². The molecule has 1 aromatic heterocycles. The lowest BCUT2D eigenvalue weighted by Gasteiger charge is -2.22. The zero-order valence-corrected chi connectivity index (χ0v) is 14.9. The van der Waals surface area contributed by atoms with E-state index >= 15 is 0 Å². The molecule has 0 saturated carbocycles. The number of rotatable bonds is 6. The van der Waals surface area contributed by atoms with E-state index in [1.807, 2.05) is 26.8 Å². The van der Waals surface area contributed by atoms with Crippen LogP contribution < -0.4 is 15.4 Å². The number of methoxy groups -OCH3 is 1. The van der Waals surface area contributed by atoms with Crippen LogP contribution in [0.25, 0.3) is 0 Å². The minimum absolute atomic E-state index is 0.0874. The summed E-state index contributed by atoms with van der Waals surface area (Å²) in [6, 6.07) is 8.03. The molecule has 1 atom stereocenters. The molecule has 1 heterocycles. The molecule has 0 radical (unpaired) electrons. The highest BCUT2D eigenvalue weighted by atomic mass is 16.5. The third-order valence-corrected chi connectivity index (χ3v) is 3.88. The minimum atomic E-state index is -0.683. The quantitative estimate of drug-likeness (QED) is 0.847. The molecule has 1 unspecified atom stereocenters. The van der Waals surface area contributed by atoms with Crippen LogP contribution in [0.2, 0.25) is 0 Å². The number of para-hydroxylation sites is 1. The molecular formula is C19H23N3O3. The monoisotopic (exact) mass is 341 g/mol. The van der Waals surface area contributed by atoms with Crippen molar-refractivity contribution in [1.29, 1.82) is 0 Å². The van der Waals surface area contributed by atoms with E-state index in [0.29, 0.717) is 17.0 Å². The van der Waals surface area contributed by atoms with Gasteiger partial charge >= 0.3 is 0 Å². The molecule has 0 saturated heterocycles. The summed E-state index contributed by atoms with van der Waals surface area (Å²) in [5.41, 5.74) is 1.92. The van der Waals surface area contributed by atoms with Crippen molar-refractivity contribution in [3.63, 3.8) is 0 Å². The van der Waals surface area contributed by atoms with Crippen molar-refractivity contribution in [2.75, 3.05) is 12.4 Å². The maximum absolute atomic E-state index is 12.6. The largest absolute Gasteiger partial charge is 0.496 e. The van der Waals surface area contributed by atoms with Gasteiger partial charge in [0.25, 0.3) is 5.91 Å². The highest BCUT2D eigenvalue weighted by Gasteiger charge is 2.26. The van der Waals surface area contributed by atoms with Crippen LogP contribution in [0.1, 0.15) is 29.8 Å². The topological polar surface area (TPSA) is 80.3 Å². The lowest BCUT2D eigenvalue weighted by molar-refractivity contribution is -0.118. The molecule has 132 valence electrons. The Hall–Kier alpha value is -2.89. The predicted octanol–water partition coefficient (Wildman–Crippen LogP) is 2.79. The van der Waals surface area contributed by atoms with Gasteiger partial charge in [-0.15, -0.1) is 0 Å². The number of benzene rings is 1. The average Bonchev–Trinajstić information content (AvgIpc) is 2.60. The zero-order valence-electron chi connectivity index (χ0n) is 14.9. The van der Waals surface area contributed by atoms with Gasteiger partial charge in [-0.3, -0.25) is 14.6 Å². The summed E-state index contributed by atoms with van der Waals surface area (Å²) in [6.45, 7) is 5.64. The van der Waals surface area contributed by atoms with Gasteiger partial charge in [0, 0.05) is 6.20 Å². The van der Waals surface area contributed by atoms with Crippen LogP contribution in [0, 0.1) is 12.8 Å². The third kappa shape index (κ3) is 4.56. The number of nitrogens with one attached hydrogen (secondary N) is 2. The highest BCUT2D eigenvalue weighted by molar-refractivity contribution is 6.02. The lowest BCUT2D eigenvalue weighted by Crippen LogP contribution is -2.47. The fourth-order valence-corrected chi connectivity index (χ4v) is 2.39. The summed E-state index contributed by atoms with van der Waals surface area (Å²) in [4.78, 5) is 29.2. The molecule has 0 spiro atoms.